The fourth-order valence-electron chi connectivity index (χ4n) is 1.62. The number of aromatic nitrogens is 2. The zero-order chi connectivity index (χ0) is 13.8. The van der Waals surface area contributed by atoms with Crippen LogP contribution in [0.25, 0.3) is 5.69 Å². The van der Waals surface area contributed by atoms with Crippen LogP contribution >= 0.6 is 0 Å². The first-order chi connectivity index (χ1) is 9.17. The molecule has 2 rings (SSSR count). The molecule has 1 heterocycles. The maximum Gasteiger partial charge on any atom is 0.341 e. The molecule has 98 valence electrons. The Morgan fingerprint density at radius 2 is 2.32 bits per heavy atom. The van der Waals surface area contributed by atoms with Crippen molar-refractivity contribution in [2.75, 3.05) is 6.61 Å². The van der Waals surface area contributed by atoms with Crippen molar-refractivity contribution in [3.8, 4) is 5.69 Å². The molecule has 0 N–H and O–H groups in total. The van der Waals surface area contributed by atoms with E-state index in [1.165, 1.54) is 35.3 Å². The zero-order valence-corrected chi connectivity index (χ0v) is 10.2. The van der Waals surface area contributed by atoms with Gasteiger partial charge in [0, 0.05) is 6.20 Å². The van der Waals surface area contributed by atoms with E-state index in [9.17, 15) is 14.0 Å². The molecule has 0 spiro atoms. The minimum Gasteiger partial charge on any atom is -0.462 e. The van der Waals surface area contributed by atoms with Crippen LogP contribution in [0, 0.1) is 5.82 Å². The lowest BCUT2D eigenvalue weighted by Gasteiger charge is -2.04. The number of esters is 1. The fourth-order valence-corrected chi connectivity index (χ4v) is 1.62. The second kappa shape index (κ2) is 5.43. The molecule has 0 unspecified atom stereocenters. The van der Waals surface area contributed by atoms with E-state index in [1.54, 1.807) is 6.92 Å². The van der Waals surface area contributed by atoms with E-state index in [2.05, 4.69) is 5.10 Å². The predicted molar refractivity (Wildman–Crippen MR) is 64.9 cm³/mol. The summed E-state index contributed by atoms with van der Waals surface area (Å²) in [6, 6.07) is 4.18. The van der Waals surface area contributed by atoms with Crippen LogP contribution in [-0.4, -0.2) is 28.6 Å². The Kier molecular flexibility index (Phi) is 3.70. The normalized spacial score (nSPS) is 10.2. The molecule has 0 saturated heterocycles. The molecule has 0 aliphatic carbocycles. The van der Waals surface area contributed by atoms with Gasteiger partial charge in [-0.15, -0.1) is 0 Å². The first-order valence-electron chi connectivity index (χ1n) is 5.63. The van der Waals surface area contributed by atoms with Crippen molar-refractivity contribution in [1.82, 2.24) is 9.78 Å². The summed E-state index contributed by atoms with van der Waals surface area (Å²) in [5, 5.41) is 3.93. The van der Waals surface area contributed by atoms with Gasteiger partial charge in [-0.3, -0.25) is 4.79 Å². The molecule has 0 atom stereocenters. The minimum absolute atomic E-state index is 0.110. The van der Waals surface area contributed by atoms with E-state index in [0.29, 0.717) is 6.29 Å². The van der Waals surface area contributed by atoms with Gasteiger partial charge in [-0.25, -0.2) is 13.9 Å². The lowest BCUT2D eigenvalue weighted by atomic mass is 10.2. The molecule has 0 amide bonds. The van der Waals surface area contributed by atoms with E-state index in [0.717, 1.165) is 0 Å². The lowest BCUT2D eigenvalue weighted by molar-refractivity contribution is 0.0526. The second-order valence-corrected chi connectivity index (χ2v) is 3.68. The van der Waals surface area contributed by atoms with Gasteiger partial charge in [0.2, 0.25) is 0 Å². The molecule has 19 heavy (non-hydrogen) atoms. The topological polar surface area (TPSA) is 61.2 Å². The van der Waals surface area contributed by atoms with Gasteiger partial charge in [-0.1, -0.05) is 6.07 Å². The van der Waals surface area contributed by atoms with Crippen molar-refractivity contribution < 1.29 is 18.7 Å². The molecule has 6 heteroatoms. The van der Waals surface area contributed by atoms with Gasteiger partial charge in [0.05, 0.1) is 29.6 Å². The summed E-state index contributed by atoms with van der Waals surface area (Å²) < 4.78 is 19.5. The number of benzene rings is 1. The number of halogens is 1. The smallest absolute Gasteiger partial charge is 0.341 e. The highest BCUT2D eigenvalue weighted by Gasteiger charge is 2.13. The van der Waals surface area contributed by atoms with Gasteiger partial charge in [0.15, 0.2) is 6.29 Å². The van der Waals surface area contributed by atoms with Gasteiger partial charge in [-0.05, 0) is 19.1 Å². The number of rotatable bonds is 4. The Hall–Kier alpha value is -2.50. The summed E-state index contributed by atoms with van der Waals surface area (Å²) in [6.07, 6.45) is 3.10. The maximum atomic E-state index is 13.5. The molecular formula is C13H11FN2O3. The quantitative estimate of drug-likeness (QED) is 0.624. The van der Waals surface area contributed by atoms with Crippen molar-refractivity contribution in [3.05, 3.63) is 47.5 Å². The number of aldehydes is 1. The second-order valence-electron chi connectivity index (χ2n) is 3.68. The highest BCUT2D eigenvalue weighted by atomic mass is 19.1. The minimum atomic E-state index is -0.638. The van der Waals surface area contributed by atoms with Crippen LogP contribution in [0.3, 0.4) is 0 Å². The standard InChI is InChI=1S/C13H11FN2O3/c1-2-19-13(18)9-6-15-16(7-9)12-5-3-4-11(14)10(12)8-17/h3-8H,2H2,1H3. The van der Waals surface area contributed by atoms with Gasteiger partial charge in [0.25, 0.3) is 0 Å². The highest BCUT2D eigenvalue weighted by Crippen LogP contribution is 2.16. The maximum absolute atomic E-state index is 13.5. The van der Waals surface area contributed by atoms with Crippen molar-refractivity contribution in [1.29, 1.82) is 0 Å². The van der Waals surface area contributed by atoms with E-state index in [1.807, 2.05) is 0 Å². The summed E-state index contributed by atoms with van der Waals surface area (Å²) in [5.41, 5.74) is 0.398. The number of carbonyl (C=O) groups is 2. The zero-order valence-electron chi connectivity index (χ0n) is 10.2. The number of hydrogen-bond donors (Lipinski definition) is 0. The summed E-state index contributed by atoms with van der Waals surface area (Å²) >= 11 is 0. The van der Waals surface area contributed by atoms with Crippen LogP contribution in [0.15, 0.2) is 30.6 Å². The van der Waals surface area contributed by atoms with E-state index in [-0.39, 0.29) is 23.4 Å². The lowest BCUT2D eigenvalue weighted by Crippen LogP contribution is -2.04. The number of nitrogens with zero attached hydrogens (tertiary/aromatic N) is 2. The third-order valence-electron chi connectivity index (χ3n) is 2.49. The Morgan fingerprint density at radius 1 is 1.53 bits per heavy atom. The third-order valence-corrected chi connectivity index (χ3v) is 2.49. The average molecular weight is 262 g/mol. The van der Waals surface area contributed by atoms with E-state index >= 15 is 0 Å². The summed E-state index contributed by atoms with van der Waals surface area (Å²) in [5.74, 6) is -1.15. The monoisotopic (exact) mass is 262 g/mol. The van der Waals surface area contributed by atoms with Crippen molar-refractivity contribution in [2.24, 2.45) is 0 Å². The molecular weight excluding hydrogens is 251 g/mol. The molecule has 0 bridgehead atoms. The Morgan fingerprint density at radius 3 is 3.00 bits per heavy atom. The van der Waals surface area contributed by atoms with Gasteiger partial charge in [0.1, 0.15) is 5.82 Å². The van der Waals surface area contributed by atoms with Gasteiger partial charge >= 0.3 is 5.97 Å². The molecule has 0 aliphatic heterocycles. The SMILES string of the molecule is CCOC(=O)c1cnn(-c2cccc(F)c2C=O)c1. The van der Waals surface area contributed by atoms with Crippen molar-refractivity contribution in [2.45, 2.75) is 6.92 Å². The first-order valence-corrected chi connectivity index (χ1v) is 5.63. The molecule has 0 saturated carbocycles. The molecule has 0 radical (unpaired) electrons. The summed E-state index contributed by atoms with van der Waals surface area (Å²) in [7, 11) is 0. The molecule has 5 nitrogen and oxygen atoms in total. The number of ether oxygens (including phenoxy) is 1. The Bertz CT molecular complexity index is 622. The van der Waals surface area contributed by atoms with Gasteiger partial charge in [-0.2, -0.15) is 5.10 Å². The van der Waals surface area contributed by atoms with Crippen molar-refractivity contribution in [3.63, 3.8) is 0 Å². The van der Waals surface area contributed by atoms with Crippen LogP contribution in [0.4, 0.5) is 4.39 Å². The van der Waals surface area contributed by atoms with Crippen LogP contribution in [-0.2, 0) is 4.74 Å². The Labute approximate surface area is 108 Å². The fraction of sp³-hybridized carbons (Fsp3) is 0.154. The highest BCUT2D eigenvalue weighted by molar-refractivity contribution is 5.89. The number of carbonyl (C=O) groups excluding carboxylic acids is 2. The van der Waals surface area contributed by atoms with Crippen LogP contribution in [0.2, 0.25) is 0 Å². The molecule has 0 fully saturated rings. The third kappa shape index (κ3) is 2.52. The van der Waals surface area contributed by atoms with Crippen LogP contribution < -0.4 is 0 Å². The van der Waals surface area contributed by atoms with Gasteiger partial charge < -0.3 is 4.74 Å². The predicted octanol–water partition coefficient (Wildman–Crippen LogP) is 2.00. The van der Waals surface area contributed by atoms with Crippen LogP contribution in [0.5, 0.6) is 0 Å². The van der Waals surface area contributed by atoms with E-state index in [4.69, 9.17) is 4.74 Å². The average Bonchev–Trinajstić information content (AvgIpc) is 2.88. The Balaban J connectivity index is 2.41. The molecule has 0 aliphatic rings. The van der Waals surface area contributed by atoms with E-state index < -0.39 is 11.8 Å². The molecule has 2 aromatic rings. The molecule has 1 aromatic heterocycles. The largest absolute Gasteiger partial charge is 0.462 e. The molecule has 1 aromatic carbocycles. The first kappa shape index (κ1) is 12.9. The summed E-state index contributed by atoms with van der Waals surface area (Å²) in [4.78, 5) is 22.4. The summed E-state index contributed by atoms with van der Waals surface area (Å²) in [6.45, 7) is 1.95. The van der Waals surface area contributed by atoms with Crippen molar-refractivity contribution >= 4 is 12.3 Å². The van der Waals surface area contributed by atoms with Crippen LogP contribution in [0.1, 0.15) is 27.6 Å². The number of hydrogen-bond acceptors (Lipinski definition) is 4.